The lowest BCUT2D eigenvalue weighted by Crippen LogP contribution is -2.36. The van der Waals surface area contributed by atoms with E-state index < -0.39 is 0 Å². The van der Waals surface area contributed by atoms with Crippen LogP contribution in [-0.4, -0.2) is 17.5 Å². The number of carbonyl (C=O) groups is 1. The normalized spacial score (nSPS) is 37.6. The van der Waals surface area contributed by atoms with Crippen molar-refractivity contribution in [1.82, 2.24) is 0 Å². The lowest BCUT2D eigenvalue weighted by Gasteiger charge is -2.45. The van der Waals surface area contributed by atoms with Crippen LogP contribution in [0.4, 0.5) is 0 Å². The summed E-state index contributed by atoms with van der Waals surface area (Å²) < 4.78 is 0. The van der Waals surface area contributed by atoms with Crippen LogP contribution in [0.2, 0.25) is 0 Å². The van der Waals surface area contributed by atoms with Gasteiger partial charge in [-0.3, -0.25) is 4.79 Å². The molecular formula is C15H22O2. The first kappa shape index (κ1) is 12.6. The highest BCUT2D eigenvalue weighted by atomic mass is 16.3. The molecule has 1 saturated carbocycles. The summed E-state index contributed by atoms with van der Waals surface area (Å²) in [5.74, 6) is 0.517. The molecule has 3 unspecified atom stereocenters. The van der Waals surface area contributed by atoms with E-state index in [1.54, 1.807) is 0 Å². The van der Waals surface area contributed by atoms with Gasteiger partial charge in [0.1, 0.15) is 6.29 Å². The Morgan fingerprint density at radius 1 is 1.53 bits per heavy atom. The van der Waals surface area contributed by atoms with Crippen LogP contribution in [-0.2, 0) is 4.79 Å². The molecule has 0 amide bonds. The molecule has 0 aromatic heterocycles. The van der Waals surface area contributed by atoms with Crippen molar-refractivity contribution in [2.24, 2.45) is 11.3 Å². The van der Waals surface area contributed by atoms with Gasteiger partial charge >= 0.3 is 0 Å². The quantitative estimate of drug-likeness (QED) is 0.589. The average Bonchev–Trinajstić information content (AvgIpc) is 2.25. The molecule has 2 heteroatoms. The summed E-state index contributed by atoms with van der Waals surface area (Å²) in [6, 6.07) is 0. The summed E-state index contributed by atoms with van der Waals surface area (Å²) in [5.41, 5.74) is 3.39. The van der Waals surface area contributed by atoms with Gasteiger partial charge in [-0.2, -0.15) is 0 Å². The number of allylic oxidation sites excluding steroid dienone is 2. The molecule has 2 aliphatic carbocycles. The maximum absolute atomic E-state index is 11.2. The zero-order valence-corrected chi connectivity index (χ0v) is 10.8. The van der Waals surface area contributed by atoms with Gasteiger partial charge in [0, 0.05) is 6.42 Å². The maximum atomic E-state index is 11.2. The van der Waals surface area contributed by atoms with Gasteiger partial charge in [0.15, 0.2) is 0 Å². The van der Waals surface area contributed by atoms with Crippen molar-refractivity contribution < 1.29 is 9.90 Å². The number of hydrogen-bond acceptors (Lipinski definition) is 2. The molecule has 0 aliphatic heterocycles. The van der Waals surface area contributed by atoms with Gasteiger partial charge in [0.2, 0.25) is 0 Å². The minimum atomic E-state index is -0.342. The molecule has 17 heavy (non-hydrogen) atoms. The van der Waals surface area contributed by atoms with Crippen LogP contribution >= 0.6 is 0 Å². The van der Waals surface area contributed by atoms with Gasteiger partial charge in [-0.1, -0.05) is 24.6 Å². The Hall–Kier alpha value is -0.890. The molecule has 0 aromatic carbocycles. The van der Waals surface area contributed by atoms with Gasteiger partial charge in [-0.25, -0.2) is 0 Å². The standard InChI is InChI=1S/C15H22O2/c1-10(2)11-4-5-15(3)8-13(17)6-12(9-16)14(15)7-11/h9,11,13,17H,1,4-8H2,2-3H3. The van der Waals surface area contributed by atoms with Gasteiger partial charge in [0.25, 0.3) is 0 Å². The Labute approximate surface area is 103 Å². The Morgan fingerprint density at radius 2 is 2.24 bits per heavy atom. The number of aliphatic hydroxyl groups is 1. The molecule has 2 nitrogen and oxygen atoms in total. The van der Waals surface area contributed by atoms with E-state index in [0.29, 0.717) is 12.3 Å². The van der Waals surface area contributed by atoms with Crippen LogP contribution in [0.15, 0.2) is 23.3 Å². The topological polar surface area (TPSA) is 37.3 Å². The van der Waals surface area contributed by atoms with Crippen molar-refractivity contribution in [1.29, 1.82) is 0 Å². The Balaban J connectivity index is 2.35. The third kappa shape index (κ3) is 2.23. The van der Waals surface area contributed by atoms with Crippen LogP contribution in [0, 0.1) is 11.3 Å². The molecule has 1 N–H and O–H groups in total. The molecule has 1 fully saturated rings. The smallest absolute Gasteiger partial charge is 0.146 e. The minimum Gasteiger partial charge on any atom is -0.393 e. The summed E-state index contributed by atoms with van der Waals surface area (Å²) in [6.45, 7) is 8.32. The number of carbonyl (C=O) groups excluding carboxylic acids is 1. The number of fused-ring (bicyclic) bond motifs is 1. The third-order valence-electron chi connectivity index (χ3n) is 4.59. The van der Waals surface area contributed by atoms with Gasteiger partial charge < -0.3 is 5.11 Å². The van der Waals surface area contributed by atoms with Crippen molar-refractivity contribution in [2.75, 3.05) is 0 Å². The molecule has 0 saturated heterocycles. The number of rotatable bonds is 2. The van der Waals surface area contributed by atoms with Gasteiger partial charge in [0.05, 0.1) is 6.10 Å². The molecular weight excluding hydrogens is 212 g/mol. The fourth-order valence-electron chi connectivity index (χ4n) is 3.49. The second kappa shape index (κ2) is 4.41. The van der Waals surface area contributed by atoms with E-state index in [4.69, 9.17) is 0 Å². The van der Waals surface area contributed by atoms with Crippen molar-refractivity contribution >= 4 is 6.29 Å². The molecule has 3 atom stereocenters. The van der Waals surface area contributed by atoms with E-state index in [1.807, 2.05) is 0 Å². The predicted molar refractivity (Wildman–Crippen MR) is 68.6 cm³/mol. The summed E-state index contributed by atoms with van der Waals surface area (Å²) in [5, 5.41) is 9.88. The highest BCUT2D eigenvalue weighted by Gasteiger charge is 2.41. The van der Waals surface area contributed by atoms with Crippen molar-refractivity contribution in [3.05, 3.63) is 23.3 Å². The van der Waals surface area contributed by atoms with Crippen LogP contribution in [0.25, 0.3) is 0 Å². The molecule has 0 heterocycles. The van der Waals surface area contributed by atoms with Crippen LogP contribution < -0.4 is 0 Å². The SMILES string of the molecule is C=C(C)C1CCC2(C)CC(O)CC(C=O)=C2C1. The molecule has 0 bridgehead atoms. The molecule has 0 radical (unpaired) electrons. The highest BCUT2D eigenvalue weighted by Crippen LogP contribution is 2.51. The van der Waals surface area contributed by atoms with E-state index >= 15 is 0 Å². The minimum absolute atomic E-state index is 0.0415. The zero-order chi connectivity index (χ0) is 12.6. The van der Waals surface area contributed by atoms with E-state index in [-0.39, 0.29) is 11.5 Å². The molecule has 0 spiro atoms. The van der Waals surface area contributed by atoms with Crippen molar-refractivity contribution in [3.8, 4) is 0 Å². The predicted octanol–water partition coefficient (Wildman–Crippen LogP) is 3.02. The second-order valence-electron chi connectivity index (χ2n) is 6.03. The number of hydrogen-bond donors (Lipinski definition) is 1. The number of aldehydes is 1. The fourth-order valence-corrected chi connectivity index (χ4v) is 3.49. The van der Waals surface area contributed by atoms with Gasteiger partial charge in [-0.05, 0) is 49.5 Å². The summed E-state index contributed by atoms with van der Waals surface area (Å²) in [4.78, 5) is 11.2. The average molecular weight is 234 g/mol. The van der Waals surface area contributed by atoms with Crippen LogP contribution in [0.1, 0.15) is 46.0 Å². The fraction of sp³-hybridized carbons (Fsp3) is 0.667. The molecule has 94 valence electrons. The first-order valence-corrected chi connectivity index (χ1v) is 6.47. The van der Waals surface area contributed by atoms with E-state index in [1.165, 1.54) is 11.1 Å². The first-order valence-electron chi connectivity index (χ1n) is 6.47. The summed E-state index contributed by atoms with van der Waals surface area (Å²) in [6.07, 6.45) is 5.12. The van der Waals surface area contributed by atoms with Crippen LogP contribution in [0.3, 0.4) is 0 Å². The lowest BCUT2D eigenvalue weighted by atomic mass is 9.60. The summed E-state index contributed by atoms with van der Waals surface area (Å²) >= 11 is 0. The molecule has 0 aromatic rings. The maximum Gasteiger partial charge on any atom is 0.146 e. The first-order chi connectivity index (χ1) is 7.96. The summed E-state index contributed by atoms with van der Waals surface area (Å²) in [7, 11) is 0. The zero-order valence-electron chi connectivity index (χ0n) is 10.8. The van der Waals surface area contributed by atoms with Crippen LogP contribution in [0.5, 0.6) is 0 Å². The Morgan fingerprint density at radius 3 is 2.82 bits per heavy atom. The second-order valence-corrected chi connectivity index (χ2v) is 6.03. The van der Waals surface area contributed by atoms with E-state index in [9.17, 15) is 9.90 Å². The molecule has 2 aliphatic rings. The van der Waals surface area contributed by atoms with E-state index in [2.05, 4.69) is 20.4 Å². The van der Waals surface area contributed by atoms with E-state index in [0.717, 1.165) is 37.5 Å². The van der Waals surface area contributed by atoms with Crippen molar-refractivity contribution in [2.45, 2.75) is 52.1 Å². The monoisotopic (exact) mass is 234 g/mol. The highest BCUT2D eigenvalue weighted by molar-refractivity contribution is 5.75. The largest absolute Gasteiger partial charge is 0.393 e. The Bertz CT molecular complexity index is 380. The third-order valence-corrected chi connectivity index (χ3v) is 4.59. The lowest BCUT2D eigenvalue weighted by molar-refractivity contribution is -0.105. The Kier molecular flexibility index (Phi) is 3.26. The van der Waals surface area contributed by atoms with Crippen molar-refractivity contribution in [3.63, 3.8) is 0 Å². The van der Waals surface area contributed by atoms with Gasteiger partial charge in [-0.15, -0.1) is 0 Å². The number of aliphatic hydroxyl groups excluding tert-OH is 1. The molecule has 2 rings (SSSR count).